The largest absolute Gasteiger partial charge is 0.416 e. The van der Waals surface area contributed by atoms with Crippen LogP contribution in [0.1, 0.15) is 23.5 Å². The zero-order valence-electron chi connectivity index (χ0n) is 16.1. The molecule has 1 heterocycles. The molecule has 0 bridgehead atoms. The highest BCUT2D eigenvalue weighted by Crippen LogP contribution is 2.37. The number of rotatable bonds is 5. The molecule has 11 heteroatoms. The number of carbonyl (C=O) groups is 2. The number of nitriles is 1. The number of hydrogen-bond donors (Lipinski definition) is 2. The summed E-state index contributed by atoms with van der Waals surface area (Å²) in [5, 5.41) is 15.2. The lowest BCUT2D eigenvalue weighted by atomic mass is 9.87. The Labute approximate surface area is 195 Å². The van der Waals surface area contributed by atoms with Crippen molar-refractivity contribution in [3.8, 4) is 6.07 Å². The monoisotopic (exact) mass is 499 g/mol. The highest BCUT2D eigenvalue weighted by molar-refractivity contribution is 8.03. The molecule has 0 aliphatic carbocycles. The van der Waals surface area contributed by atoms with Crippen molar-refractivity contribution in [3.63, 3.8) is 0 Å². The fourth-order valence-corrected chi connectivity index (χ4v) is 4.20. The van der Waals surface area contributed by atoms with E-state index < -0.39 is 23.6 Å². The zero-order valence-corrected chi connectivity index (χ0v) is 18.4. The average molecular weight is 500 g/mol. The fourth-order valence-electron chi connectivity index (χ4n) is 3.03. The number of anilines is 1. The number of alkyl halides is 3. The second-order valence-electron chi connectivity index (χ2n) is 6.74. The fraction of sp³-hybridized carbons (Fsp3) is 0.190. The molecule has 0 radical (unpaired) electrons. The molecule has 0 saturated carbocycles. The van der Waals surface area contributed by atoms with Crippen LogP contribution in [0.4, 0.5) is 18.9 Å². The molecule has 1 aliphatic rings. The van der Waals surface area contributed by atoms with E-state index in [1.807, 2.05) is 0 Å². The van der Waals surface area contributed by atoms with Crippen LogP contribution in [0.3, 0.4) is 0 Å². The predicted molar refractivity (Wildman–Crippen MR) is 117 cm³/mol. The summed E-state index contributed by atoms with van der Waals surface area (Å²) in [6.45, 7) is 0. The first-order valence-electron chi connectivity index (χ1n) is 9.07. The molecule has 1 aliphatic heterocycles. The molecule has 2 aromatic carbocycles. The van der Waals surface area contributed by atoms with Gasteiger partial charge in [-0.15, -0.1) is 0 Å². The van der Waals surface area contributed by atoms with Crippen LogP contribution in [0.2, 0.25) is 10.0 Å². The Morgan fingerprint density at radius 2 is 1.91 bits per heavy atom. The van der Waals surface area contributed by atoms with Gasteiger partial charge in [-0.25, -0.2) is 0 Å². The van der Waals surface area contributed by atoms with Gasteiger partial charge in [-0.1, -0.05) is 47.1 Å². The molecule has 166 valence electrons. The van der Waals surface area contributed by atoms with Crippen LogP contribution in [0.25, 0.3) is 0 Å². The number of benzene rings is 2. The molecular weight excluding hydrogens is 486 g/mol. The van der Waals surface area contributed by atoms with E-state index in [1.54, 1.807) is 24.3 Å². The molecule has 0 unspecified atom stereocenters. The van der Waals surface area contributed by atoms with E-state index in [0.717, 1.165) is 35.5 Å². The first-order chi connectivity index (χ1) is 15.1. The smallest absolute Gasteiger partial charge is 0.324 e. The molecule has 1 atom stereocenters. The lowest BCUT2D eigenvalue weighted by molar-refractivity contribution is -0.137. The van der Waals surface area contributed by atoms with Crippen molar-refractivity contribution in [3.05, 3.63) is 74.2 Å². The van der Waals surface area contributed by atoms with Gasteiger partial charge in [-0.2, -0.15) is 18.4 Å². The summed E-state index contributed by atoms with van der Waals surface area (Å²) in [7, 11) is 0. The second-order valence-corrected chi connectivity index (χ2v) is 8.57. The lowest BCUT2D eigenvalue weighted by Crippen LogP contribution is -2.31. The van der Waals surface area contributed by atoms with Gasteiger partial charge in [0.25, 0.3) is 0 Å². The SMILES string of the molecule is N#CC1=C(SCC(=O)Nc2cc(C(F)(F)F)ccc2Cl)NC(=O)C[C@H]1c1ccc(Cl)cc1. The van der Waals surface area contributed by atoms with Crippen molar-refractivity contribution < 1.29 is 22.8 Å². The van der Waals surface area contributed by atoms with E-state index in [9.17, 15) is 28.0 Å². The van der Waals surface area contributed by atoms with Crippen LogP contribution in [-0.2, 0) is 15.8 Å². The molecule has 2 aromatic rings. The normalized spacial score (nSPS) is 16.4. The number of amides is 2. The van der Waals surface area contributed by atoms with Crippen LogP contribution in [-0.4, -0.2) is 17.6 Å². The predicted octanol–water partition coefficient (Wildman–Crippen LogP) is 5.72. The third-order valence-corrected chi connectivity index (χ3v) is 6.14. The number of nitrogens with one attached hydrogen (secondary N) is 2. The van der Waals surface area contributed by atoms with Crippen LogP contribution >= 0.6 is 35.0 Å². The summed E-state index contributed by atoms with van der Waals surface area (Å²) in [6, 6.07) is 11.4. The summed E-state index contributed by atoms with van der Waals surface area (Å²) in [4.78, 5) is 24.5. The summed E-state index contributed by atoms with van der Waals surface area (Å²) in [5.74, 6) is -1.74. The number of carbonyl (C=O) groups excluding carboxylic acids is 2. The highest BCUT2D eigenvalue weighted by Gasteiger charge is 2.32. The van der Waals surface area contributed by atoms with Crippen molar-refractivity contribution in [1.82, 2.24) is 5.32 Å². The third-order valence-electron chi connectivity index (χ3n) is 4.54. The summed E-state index contributed by atoms with van der Waals surface area (Å²) in [5.41, 5.74) is -0.140. The van der Waals surface area contributed by atoms with Gasteiger partial charge in [-0.05, 0) is 35.9 Å². The van der Waals surface area contributed by atoms with Crippen molar-refractivity contribution in [2.75, 3.05) is 11.1 Å². The maximum absolute atomic E-state index is 12.9. The Bertz CT molecular complexity index is 1130. The van der Waals surface area contributed by atoms with Crippen LogP contribution < -0.4 is 10.6 Å². The number of halogens is 5. The number of hydrogen-bond acceptors (Lipinski definition) is 4. The Hall–Kier alpha value is -2.67. The van der Waals surface area contributed by atoms with Gasteiger partial charge >= 0.3 is 6.18 Å². The molecule has 2 N–H and O–H groups in total. The molecule has 2 amide bonds. The van der Waals surface area contributed by atoms with Crippen LogP contribution in [0.5, 0.6) is 0 Å². The van der Waals surface area contributed by atoms with Gasteiger partial charge in [0.1, 0.15) is 0 Å². The highest BCUT2D eigenvalue weighted by atomic mass is 35.5. The molecule has 3 rings (SSSR count). The van der Waals surface area contributed by atoms with E-state index >= 15 is 0 Å². The van der Waals surface area contributed by atoms with Crippen molar-refractivity contribution in [1.29, 1.82) is 5.26 Å². The van der Waals surface area contributed by atoms with Gasteiger partial charge in [0, 0.05) is 17.4 Å². The summed E-state index contributed by atoms with van der Waals surface area (Å²) < 4.78 is 38.7. The lowest BCUT2D eigenvalue weighted by Gasteiger charge is -2.25. The van der Waals surface area contributed by atoms with Crippen molar-refractivity contribution in [2.45, 2.75) is 18.5 Å². The quantitative estimate of drug-likeness (QED) is 0.550. The first-order valence-corrected chi connectivity index (χ1v) is 10.8. The van der Waals surface area contributed by atoms with E-state index in [4.69, 9.17) is 23.2 Å². The Kier molecular flexibility index (Phi) is 7.39. The number of allylic oxidation sites excluding steroid dienone is 1. The third kappa shape index (κ3) is 5.76. The topological polar surface area (TPSA) is 82.0 Å². The standard InChI is InChI=1S/C21H14Cl2F3N3O2S/c22-13-4-1-11(2-5-13)14-8-18(30)29-20(15(14)9-27)32-10-19(31)28-17-7-12(21(24,25)26)3-6-16(17)23/h1-7,14H,8,10H2,(H,28,31)(H,29,30)/t14-/m0/s1. The minimum atomic E-state index is -4.59. The van der Waals surface area contributed by atoms with E-state index in [2.05, 4.69) is 16.7 Å². The molecule has 5 nitrogen and oxygen atoms in total. The summed E-state index contributed by atoms with van der Waals surface area (Å²) in [6.07, 6.45) is -4.53. The molecule has 0 aromatic heterocycles. The van der Waals surface area contributed by atoms with Crippen molar-refractivity contribution in [2.24, 2.45) is 0 Å². The second kappa shape index (κ2) is 9.86. The number of thioether (sulfide) groups is 1. The van der Waals surface area contributed by atoms with Gasteiger partial charge in [0.05, 0.1) is 38.7 Å². The summed E-state index contributed by atoms with van der Waals surface area (Å²) >= 11 is 12.7. The first kappa shape index (κ1) is 24.0. The maximum Gasteiger partial charge on any atom is 0.416 e. The molecule has 0 spiro atoms. The Morgan fingerprint density at radius 3 is 2.53 bits per heavy atom. The minimum Gasteiger partial charge on any atom is -0.324 e. The van der Waals surface area contributed by atoms with E-state index in [0.29, 0.717) is 5.02 Å². The number of nitrogens with zero attached hydrogens (tertiary/aromatic N) is 1. The molecule has 0 fully saturated rings. The van der Waals surface area contributed by atoms with E-state index in [1.165, 1.54) is 0 Å². The molecule has 0 saturated heterocycles. The van der Waals surface area contributed by atoms with Crippen LogP contribution in [0, 0.1) is 11.3 Å². The zero-order chi connectivity index (χ0) is 23.5. The Morgan fingerprint density at radius 1 is 1.22 bits per heavy atom. The molecular formula is C21H14Cl2F3N3O2S. The van der Waals surface area contributed by atoms with Gasteiger partial charge in [-0.3, -0.25) is 9.59 Å². The van der Waals surface area contributed by atoms with Gasteiger partial charge < -0.3 is 10.6 Å². The Balaban J connectivity index is 1.76. The minimum absolute atomic E-state index is 0.0537. The maximum atomic E-state index is 12.9. The molecule has 32 heavy (non-hydrogen) atoms. The van der Waals surface area contributed by atoms with Gasteiger partial charge in [0.15, 0.2) is 0 Å². The van der Waals surface area contributed by atoms with Crippen LogP contribution in [0.15, 0.2) is 53.1 Å². The van der Waals surface area contributed by atoms with Gasteiger partial charge in [0.2, 0.25) is 11.8 Å². The van der Waals surface area contributed by atoms with Crippen molar-refractivity contribution >= 4 is 52.5 Å². The average Bonchev–Trinajstić information content (AvgIpc) is 2.73. The van der Waals surface area contributed by atoms with E-state index in [-0.39, 0.29) is 39.4 Å².